The molecule has 5 nitrogen and oxygen atoms in total. The Morgan fingerprint density at radius 3 is 2.95 bits per heavy atom. The van der Waals surface area contributed by atoms with Crippen LogP contribution < -0.4 is 5.32 Å². The van der Waals surface area contributed by atoms with Gasteiger partial charge in [-0.2, -0.15) is 5.10 Å². The zero-order valence-electron chi connectivity index (χ0n) is 11.2. The zero-order chi connectivity index (χ0) is 12.5. The first-order valence-corrected chi connectivity index (χ1v) is 6.78. The summed E-state index contributed by atoms with van der Waals surface area (Å²) in [6.45, 7) is 2.58. The monoisotopic (exact) mass is 284 g/mol. The molecular weight excluding hydrogens is 264 g/mol. The van der Waals surface area contributed by atoms with Crippen molar-refractivity contribution in [2.75, 3.05) is 20.1 Å². The summed E-state index contributed by atoms with van der Waals surface area (Å²) in [5.41, 5.74) is 2.79. The summed E-state index contributed by atoms with van der Waals surface area (Å²) >= 11 is 0. The van der Waals surface area contributed by atoms with Crippen LogP contribution in [-0.4, -0.2) is 41.1 Å². The van der Waals surface area contributed by atoms with Crippen LogP contribution in [-0.2, 0) is 13.0 Å². The normalized spacial score (nSPS) is 18.2. The van der Waals surface area contributed by atoms with Gasteiger partial charge in [-0.15, -0.1) is 12.4 Å². The Balaban J connectivity index is 0.00000133. The third-order valence-corrected chi connectivity index (χ3v) is 4.11. The molecule has 1 saturated carbocycles. The van der Waals surface area contributed by atoms with Crippen molar-refractivity contribution in [3.63, 3.8) is 0 Å². The van der Waals surface area contributed by atoms with E-state index in [0.717, 1.165) is 37.3 Å². The lowest BCUT2D eigenvalue weighted by atomic mass is 9.85. The molecule has 1 amide bonds. The molecule has 2 N–H and O–H groups in total. The highest BCUT2D eigenvalue weighted by Gasteiger charge is 2.26. The van der Waals surface area contributed by atoms with Gasteiger partial charge in [0, 0.05) is 44.4 Å². The van der Waals surface area contributed by atoms with Crippen molar-refractivity contribution in [1.82, 2.24) is 20.4 Å². The summed E-state index contributed by atoms with van der Waals surface area (Å²) < 4.78 is 0. The highest BCUT2D eigenvalue weighted by Crippen LogP contribution is 2.27. The minimum atomic E-state index is 0. The fourth-order valence-corrected chi connectivity index (χ4v) is 2.73. The number of hydrogen-bond donors (Lipinski definition) is 2. The summed E-state index contributed by atoms with van der Waals surface area (Å²) in [4.78, 5) is 14.2. The molecule has 1 aliphatic heterocycles. The Morgan fingerprint density at radius 1 is 1.47 bits per heavy atom. The quantitative estimate of drug-likeness (QED) is 0.881. The van der Waals surface area contributed by atoms with Crippen molar-refractivity contribution in [1.29, 1.82) is 0 Å². The molecule has 3 rings (SSSR count). The molecule has 0 atom stereocenters. The molecular formula is C13H21ClN4O. The van der Waals surface area contributed by atoms with Crippen LogP contribution in [0.2, 0.25) is 0 Å². The minimum absolute atomic E-state index is 0. The fourth-order valence-electron chi connectivity index (χ4n) is 2.73. The lowest BCUT2D eigenvalue weighted by molar-refractivity contribution is 0.0738. The van der Waals surface area contributed by atoms with Crippen LogP contribution in [0, 0.1) is 5.92 Å². The van der Waals surface area contributed by atoms with Gasteiger partial charge < -0.3 is 10.2 Å². The van der Waals surface area contributed by atoms with Gasteiger partial charge in [0.15, 0.2) is 5.69 Å². The summed E-state index contributed by atoms with van der Waals surface area (Å²) in [6.07, 6.45) is 4.77. The summed E-state index contributed by atoms with van der Waals surface area (Å²) in [7, 11) is 1.89. The molecule has 0 aromatic carbocycles. The molecule has 0 saturated heterocycles. The van der Waals surface area contributed by atoms with E-state index in [1.54, 1.807) is 0 Å². The number of aromatic amines is 1. The van der Waals surface area contributed by atoms with Crippen molar-refractivity contribution in [2.45, 2.75) is 32.2 Å². The molecule has 1 aliphatic carbocycles. The molecule has 1 fully saturated rings. The predicted octanol–water partition coefficient (Wildman–Crippen LogP) is 1.35. The van der Waals surface area contributed by atoms with E-state index in [9.17, 15) is 4.79 Å². The molecule has 2 aliphatic rings. The molecule has 0 radical (unpaired) electrons. The van der Waals surface area contributed by atoms with E-state index in [1.807, 2.05) is 11.9 Å². The average Bonchev–Trinajstić information content (AvgIpc) is 2.76. The fraction of sp³-hybridized carbons (Fsp3) is 0.692. The van der Waals surface area contributed by atoms with Crippen LogP contribution in [0.25, 0.3) is 0 Å². The van der Waals surface area contributed by atoms with Crippen LogP contribution in [0.1, 0.15) is 41.0 Å². The third kappa shape index (κ3) is 2.77. The molecule has 1 aromatic heterocycles. The first kappa shape index (κ1) is 14.3. The highest BCUT2D eigenvalue weighted by atomic mass is 35.5. The van der Waals surface area contributed by atoms with Crippen LogP contribution >= 0.6 is 12.4 Å². The average molecular weight is 285 g/mol. The predicted molar refractivity (Wildman–Crippen MR) is 75.5 cm³/mol. The number of fused-ring (bicyclic) bond motifs is 1. The van der Waals surface area contributed by atoms with Gasteiger partial charge in [0.25, 0.3) is 5.91 Å². The van der Waals surface area contributed by atoms with Crippen molar-refractivity contribution in [2.24, 2.45) is 5.92 Å². The van der Waals surface area contributed by atoms with E-state index in [4.69, 9.17) is 0 Å². The number of halogens is 1. The van der Waals surface area contributed by atoms with Crippen molar-refractivity contribution < 1.29 is 4.79 Å². The Bertz CT molecular complexity index is 455. The van der Waals surface area contributed by atoms with E-state index in [0.29, 0.717) is 11.6 Å². The molecule has 0 unspecified atom stereocenters. The van der Waals surface area contributed by atoms with E-state index in [1.165, 1.54) is 19.3 Å². The van der Waals surface area contributed by atoms with Crippen LogP contribution in [0.5, 0.6) is 0 Å². The number of nitrogens with one attached hydrogen (secondary N) is 2. The summed E-state index contributed by atoms with van der Waals surface area (Å²) in [5.74, 6) is 0.759. The topological polar surface area (TPSA) is 61.0 Å². The second-order valence-corrected chi connectivity index (χ2v) is 5.44. The smallest absolute Gasteiger partial charge is 0.274 e. The van der Waals surface area contributed by atoms with E-state index < -0.39 is 0 Å². The van der Waals surface area contributed by atoms with E-state index in [-0.39, 0.29) is 18.3 Å². The highest BCUT2D eigenvalue weighted by molar-refractivity contribution is 5.93. The minimum Gasteiger partial charge on any atom is -0.340 e. The van der Waals surface area contributed by atoms with Gasteiger partial charge in [0.05, 0.1) is 0 Å². The largest absolute Gasteiger partial charge is 0.340 e. The Kier molecular flexibility index (Phi) is 4.47. The number of nitrogens with zero attached hydrogens (tertiary/aromatic N) is 2. The van der Waals surface area contributed by atoms with Gasteiger partial charge in [-0.25, -0.2) is 0 Å². The standard InChI is InChI=1S/C13H20N4O.ClH/c1-17(8-9-3-2-4-9)13(18)12-10-7-14-6-5-11(10)15-16-12;/h9,14H,2-8H2,1H3,(H,15,16);1H. The number of carbonyl (C=O) groups is 1. The Labute approximate surface area is 119 Å². The van der Waals surface area contributed by atoms with Crippen molar-refractivity contribution in [3.8, 4) is 0 Å². The molecule has 6 heteroatoms. The number of hydrogen-bond acceptors (Lipinski definition) is 3. The number of H-pyrrole nitrogens is 1. The molecule has 106 valence electrons. The third-order valence-electron chi connectivity index (χ3n) is 4.11. The first-order valence-electron chi connectivity index (χ1n) is 6.78. The Morgan fingerprint density at radius 2 is 2.26 bits per heavy atom. The van der Waals surface area contributed by atoms with Crippen LogP contribution in [0.15, 0.2) is 0 Å². The molecule has 1 aromatic rings. The maximum absolute atomic E-state index is 12.4. The van der Waals surface area contributed by atoms with Gasteiger partial charge in [-0.05, 0) is 18.8 Å². The van der Waals surface area contributed by atoms with Crippen LogP contribution in [0.4, 0.5) is 0 Å². The second kappa shape index (κ2) is 5.92. The van der Waals surface area contributed by atoms with Gasteiger partial charge in [0.2, 0.25) is 0 Å². The molecule has 0 bridgehead atoms. The van der Waals surface area contributed by atoms with Gasteiger partial charge in [-0.3, -0.25) is 9.89 Å². The maximum atomic E-state index is 12.4. The van der Waals surface area contributed by atoms with Gasteiger partial charge in [-0.1, -0.05) is 6.42 Å². The molecule has 2 heterocycles. The lowest BCUT2D eigenvalue weighted by Gasteiger charge is -2.30. The van der Waals surface area contributed by atoms with Crippen LogP contribution in [0.3, 0.4) is 0 Å². The van der Waals surface area contributed by atoms with E-state index >= 15 is 0 Å². The summed E-state index contributed by atoms with van der Waals surface area (Å²) in [5, 5.41) is 10.5. The summed E-state index contributed by atoms with van der Waals surface area (Å²) in [6, 6.07) is 0. The van der Waals surface area contributed by atoms with Gasteiger partial charge in [0.1, 0.15) is 0 Å². The number of aromatic nitrogens is 2. The SMILES string of the molecule is CN(CC1CCC1)C(=O)c1n[nH]c2c1CNCC2.Cl. The number of rotatable bonds is 3. The lowest BCUT2D eigenvalue weighted by Crippen LogP contribution is -2.35. The first-order chi connectivity index (χ1) is 8.75. The number of carbonyl (C=O) groups excluding carboxylic acids is 1. The van der Waals surface area contributed by atoms with Gasteiger partial charge >= 0.3 is 0 Å². The Hall–Kier alpha value is -1.07. The number of amides is 1. The second-order valence-electron chi connectivity index (χ2n) is 5.44. The van der Waals surface area contributed by atoms with Crippen molar-refractivity contribution >= 4 is 18.3 Å². The zero-order valence-corrected chi connectivity index (χ0v) is 12.1. The maximum Gasteiger partial charge on any atom is 0.274 e. The molecule has 0 spiro atoms. The molecule has 19 heavy (non-hydrogen) atoms. The van der Waals surface area contributed by atoms with Crippen molar-refractivity contribution in [3.05, 3.63) is 17.0 Å². The van der Waals surface area contributed by atoms with E-state index in [2.05, 4.69) is 15.5 Å².